The first-order chi connectivity index (χ1) is 16.6. The van der Waals surface area contributed by atoms with Gasteiger partial charge in [0.1, 0.15) is 0 Å². The average Bonchev–Trinajstić information content (AvgIpc) is 2.89. The second-order valence-corrected chi connectivity index (χ2v) is 8.58. The Labute approximate surface area is 201 Å². The Kier molecular flexibility index (Phi) is 7.81. The Morgan fingerprint density at radius 3 is 2.18 bits per heavy atom. The van der Waals surface area contributed by atoms with Crippen molar-refractivity contribution in [1.29, 1.82) is 0 Å². The molecule has 1 aliphatic heterocycles. The van der Waals surface area contributed by atoms with Crippen molar-refractivity contribution in [3.63, 3.8) is 0 Å². The number of carbonyl (C=O) groups excluding carboxylic acids is 2. The maximum absolute atomic E-state index is 13.2. The van der Waals surface area contributed by atoms with Crippen LogP contribution in [-0.2, 0) is 13.0 Å². The summed E-state index contributed by atoms with van der Waals surface area (Å²) in [5.41, 5.74) is 5.03. The summed E-state index contributed by atoms with van der Waals surface area (Å²) < 4.78 is 0. The number of hydrogen-bond donors (Lipinski definition) is 3. The van der Waals surface area contributed by atoms with Gasteiger partial charge in [-0.15, -0.1) is 0 Å². The third-order valence-corrected chi connectivity index (χ3v) is 6.11. The molecule has 1 aliphatic rings. The van der Waals surface area contributed by atoms with Crippen LogP contribution >= 0.6 is 0 Å². The van der Waals surface area contributed by atoms with Gasteiger partial charge in [0, 0.05) is 36.7 Å². The van der Waals surface area contributed by atoms with Crippen LogP contribution in [0, 0.1) is 0 Å². The Hall–Kier alpha value is -3.80. The second-order valence-electron chi connectivity index (χ2n) is 8.58. The largest absolute Gasteiger partial charge is 0.371 e. The Bertz CT molecular complexity index is 1110. The highest BCUT2D eigenvalue weighted by molar-refractivity contribution is 6.04. The summed E-state index contributed by atoms with van der Waals surface area (Å²) in [5.74, 6) is -0.149. The molecule has 6 nitrogen and oxygen atoms in total. The van der Waals surface area contributed by atoms with Gasteiger partial charge in [-0.25, -0.2) is 4.79 Å². The molecule has 0 spiro atoms. The number of hydrogen-bond acceptors (Lipinski definition) is 3. The average molecular weight is 457 g/mol. The molecule has 0 radical (unpaired) electrons. The van der Waals surface area contributed by atoms with Crippen LogP contribution in [0.15, 0.2) is 72.8 Å². The molecule has 0 atom stereocenters. The number of carbonyl (C=O) groups is 2. The number of urea groups is 1. The Morgan fingerprint density at radius 1 is 0.794 bits per heavy atom. The molecule has 0 aliphatic carbocycles. The number of nitrogens with one attached hydrogen (secondary N) is 3. The number of nitrogens with zero attached hydrogens (tertiary/aromatic N) is 1. The second kappa shape index (κ2) is 11.4. The molecular weight excluding hydrogens is 424 g/mol. The number of piperidine rings is 1. The number of amides is 3. The molecule has 0 unspecified atom stereocenters. The molecule has 3 amide bonds. The van der Waals surface area contributed by atoms with Crippen molar-refractivity contribution >= 4 is 29.0 Å². The molecule has 0 bridgehead atoms. The van der Waals surface area contributed by atoms with Crippen LogP contribution in [0.4, 0.5) is 21.9 Å². The van der Waals surface area contributed by atoms with Gasteiger partial charge in [0.2, 0.25) is 0 Å². The van der Waals surface area contributed by atoms with E-state index in [0.29, 0.717) is 17.8 Å². The molecule has 34 heavy (non-hydrogen) atoms. The monoisotopic (exact) mass is 456 g/mol. The van der Waals surface area contributed by atoms with Gasteiger partial charge in [0.25, 0.3) is 5.91 Å². The molecule has 0 saturated carbocycles. The summed E-state index contributed by atoms with van der Waals surface area (Å²) in [7, 11) is 0. The zero-order valence-electron chi connectivity index (χ0n) is 19.6. The molecule has 176 valence electrons. The van der Waals surface area contributed by atoms with E-state index in [9.17, 15) is 9.59 Å². The smallest absolute Gasteiger partial charge is 0.323 e. The third kappa shape index (κ3) is 6.16. The van der Waals surface area contributed by atoms with Crippen LogP contribution in [0.2, 0.25) is 0 Å². The van der Waals surface area contributed by atoms with Gasteiger partial charge in [0.15, 0.2) is 0 Å². The normalized spacial score (nSPS) is 13.3. The van der Waals surface area contributed by atoms with Gasteiger partial charge in [-0.1, -0.05) is 49.4 Å². The zero-order chi connectivity index (χ0) is 23.8. The highest BCUT2D eigenvalue weighted by atomic mass is 16.2. The molecule has 6 heteroatoms. The van der Waals surface area contributed by atoms with Crippen LogP contribution in [0.5, 0.6) is 0 Å². The van der Waals surface area contributed by atoms with E-state index in [-0.39, 0.29) is 11.9 Å². The highest BCUT2D eigenvalue weighted by Crippen LogP contribution is 2.27. The van der Waals surface area contributed by atoms with E-state index >= 15 is 0 Å². The van der Waals surface area contributed by atoms with Crippen molar-refractivity contribution in [3.8, 4) is 0 Å². The van der Waals surface area contributed by atoms with Crippen molar-refractivity contribution in [3.05, 3.63) is 89.5 Å². The summed E-state index contributed by atoms with van der Waals surface area (Å²) >= 11 is 0. The standard InChI is InChI=1S/C28H32N4O2/c1-2-21-11-13-23(14-12-21)30-28(34)31-24-15-16-26(32-17-7-4-8-18-32)25(19-24)27(33)29-20-22-9-5-3-6-10-22/h3,5-6,9-16,19H,2,4,7-8,17-18,20H2,1H3,(H,29,33)(H2,30,31,34). The first-order valence-electron chi connectivity index (χ1n) is 12.0. The number of aryl methyl sites for hydroxylation is 1. The Balaban J connectivity index is 1.49. The predicted octanol–water partition coefficient (Wildman–Crippen LogP) is 5.81. The SMILES string of the molecule is CCc1ccc(NC(=O)Nc2ccc(N3CCCCC3)c(C(=O)NCc3ccccc3)c2)cc1. The van der Waals surface area contributed by atoms with E-state index in [4.69, 9.17) is 0 Å². The number of benzene rings is 3. The minimum absolute atomic E-state index is 0.149. The van der Waals surface area contributed by atoms with Crippen molar-refractivity contribution in [2.24, 2.45) is 0 Å². The maximum Gasteiger partial charge on any atom is 0.323 e. The van der Waals surface area contributed by atoms with E-state index in [1.165, 1.54) is 12.0 Å². The summed E-state index contributed by atoms with van der Waals surface area (Å²) in [6, 6.07) is 22.8. The van der Waals surface area contributed by atoms with Crippen molar-refractivity contribution in [2.75, 3.05) is 28.6 Å². The lowest BCUT2D eigenvalue weighted by molar-refractivity contribution is 0.0951. The lowest BCUT2D eigenvalue weighted by Crippen LogP contribution is -2.33. The third-order valence-electron chi connectivity index (χ3n) is 6.11. The minimum Gasteiger partial charge on any atom is -0.371 e. The molecule has 1 saturated heterocycles. The molecule has 3 aromatic carbocycles. The number of anilines is 3. The molecule has 1 heterocycles. The molecular formula is C28H32N4O2. The van der Waals surface area contributed by atoms with Crippen LogP contribution in [0.3, 0.4) is 0 Å². The fourth-order valence-electron chi connectivity index (χ4n) is 4.20. The van der Waals surface area contributed by atoms with Gasteiger partial charge < -0.3 is 20.9 Å². The van der Waals surface area contributed by atoms with Crippen LogP contribution < -0.4 is 20.9 Å². The van der Waals surface area contributed by atoms with Gasteiger partial charge in [-0.05, 0) is 67.1 Å². The number of rotatable bonds is 7. The van der Waals surface area contributed by atoms with E-state index < -0.39 is 0 Å². The van der Waals surface area contributed by atoms with Crippen LogP contribution in [0.25, 0.3) is 0 Å². The van der Waals surface area contributed by atoms with Crippen LogP contribution in [-0.4, -0.2) is 25.0 Å². The molecule has 0 aromatic heterocycles. The minimum atomic E-state index is -0.342. The summed E-state index contributed by atoms with van der Waals surface area (Å²) in [6.45, 7) is 4.40. The van der Waals surface area contributed by atoms with Gasteiger partial charge in [-0.3, -0.25) is 4.79 Å². The fourth-order valence-corrected chi connectivity index (χ4v) is 4.20. The molecule has 3 N–H and O–H groups in total. The van der Waals surface area contributed by atoms with Gasteiger partial charge in [0.05, 0.1) is 5.56 Å². The van der Waals surface area contributed by atoms with E-state index in [1.54, 1.807) is 6.07 Å². The van der Waals surface area contributed by atoms with Crippen molar-refractivity contribution in [2.45, 2.75) is 39.2 Å². The first kappa shape index (κ1) is 23.4. The quantitative estimate of drug-likeness (QED) is 0.420. The Morgan fingerprint density at radius 2 is 1.47 bits per heavy atom. The summed E-state index contributed by atoms with van der Waals surface area (Å²) in [4.78, 5) is 28.1. The lowest BCUT2D eigenvalue weighted by atomic mass is 10.1. The van der Waals surface area contributed by atoms with Gasteiger partial charge >= 0.3 is 6.03 Å². The van der Waals surface area contributed by atoms with E-state index in [0.717, 1.165) is 49.3 Å². The molecule has 1 fully saturated rings. The van der Waals surface area contributed by atoms with E-state index in [1.807, 2.05) is 66.7 Å². The van der Waals surface area contributed by atoms with Crippen LogP contribution in [0.1, 0.15) is 47.7 Å². The fraction of sp³-hybridized carbons (Fsp3) is 0.286. The summed E-state index contributed by atoms with van der Waals surface area (Å²) in [6.07, 6.45) is 4.39. The van der Waals surface area contributed by atoms with Crippen molar-refractivity contribution < 1.29 is 9.59 Å². The predicted molar refractivity (Wildman–Crippen MR) is 139 cm³/mol. The molecule has 3 aromatic rings. The first-order valence-corrected chi connectivity index (χ1v) is 12.0. The zero-order valence-corrected chi connectivity index (χ0v) is 19.6. The topological polar surface area (TPSA) is 73.5 Å². The van der Waals surface area contributed by atoms with Crippen molar-refractivity contribution in [1.82, 2.24) is 5.32 Å². The lowest BCUT2D eigenvalue weighted by Gasteiger charge is -2.30. The molecule has 4 rings (SSSR count). The highest BCUT2D eigenvalue weighted by Gasteiger charge is 2.20. The van der Waals surface area contributed by atoms with Gasteiger partial charge in [-0.2, -0.15) is 0 Å². The summed E-state index contributed by atoms with van der Waals surface area (Å²) in [5, 5.41) is 8.76. The van der Waals surface area contributed by atoms with E-state index in [2.05, 4.69) is 27.8 Å². The maximum atomic E-state index is 13.2.